The van der Waals surface area contributed by atoms with Gasteiger partial charge in [-0.3, -0.25) is 4.57 Å². The number of hydrogen-bond acceptors (Lipinski definition) is 6. The highest BCUT2D eigenvalue weighted by Crippen LogP contribution is 2.19. The summed E-state index contributed by atoms with van der Waals surface area (Å²) in [6.07, 6.45) is 5.54. The van der Waals surface area contributed by atoms with Crippen molar-refractivity contribution in [3.05, 3.63) is 12.5 Å². The number of anilines is 1. The monoisotopic (exact) mass is 290 g/mol. The minimum Gasteiger partial charge on any atom is -0.380 e. The van der Waals surface area contributed by atoms with Crippen LogP contribution in [0.5, 0.6) is 0 Å². The van der Waals surface area contributed by atoms with Crippen molar-refractivity contribution in [3.63, 3.8) is 0 Å². The predicted octanol–water partition coefficient (Wildman–Crippen LogP) is 1.03. The van der Waals surface area contributed by atoms with Crippen molar-refractivity contribution < 1.29 is 4.74 Å². The Bertz CT molecular complexity index is 578. The number of ether oxygens (including phenoxy) is 1. The van der Waals surface area contributed by atoms with Crippen LogP contribution in [0.2, 0.25) is 0 Å². The summed E-state index contributed by atoms with van der Waals surface area (Å²) >= 11 is 0. The highest BCUT2D eigenvalue weighted by Gasteiger charge is 2.17. The largest absolute Gasteiger partial charge is 0.380 e. The molecular formula is C14H22N6O. The molecule has 1 fully saturated rings. The smallest absolute Gasteiger partial charge is 0.205 e. The number of hydrogen-bond donors (Lipinski definition) is 2. The maximum atomic E-state index is 5.47. The zero-order valence-corrected chi connectivity index (χ0v) is 12.4. The number of rotatable bonds is 6. The van der Waals surface area contributed by atoms with E-state index in [1.807, 2.05) is 6.92 Å². The van der Waals surface area contributed by atoms with Gasteiger partial charge in [0.25, 0.3) is 0 Å². The first-order valence-electron chi connectivity index (χ1n) is 7.59. The molecule has 1 aliphatic rings. The third-order valence-corrected chi connectivity index (χ3v) is 3.75. The molecule has 0 bridgehead atoms. The highest BCUT2D eigenvalue weighted by molar-refractivity contribution is 5.73. The van der Waals surface area contributed by atoms with Crippen LogP contribution in [0.1, 0.15) is 19.8 Å². The summed E-state index contributed by atoms with van der Waals surface area (Å²) in [6.45, 7) is 6.23. The maximum Gasteiger partial charge on any atom is 0.205 e. The third-order valence-electron chi connectivity index (χ3n) is 3.75. The normalized spacial score (nSPS) is 16.4. The number of nitrogens with zero attached hydrogens (tertiary/aromatic N) is 4. The molecule has 1 saturated heterocycles. The van der Waals surface area contributed by atoms with Crippen LogP contribution < -0.4 is 10.6 Å². The number of piperidine rings is 1. The van der Waals surface area contributed by atoms with Crippen molar-refractivity contribution >= 4 is 17.1 Å². The quantitative estimate of drug-likeness (QED) is 0.774. The lowest BCUT2D eigenvalue weighted by molar-refractivity contribution is 0.140. The molecule has 2 aromatic rings. The molecule has 1 aliphatic heterocycles. The molecule has 7 heteroatoms. The van der Waals surface area contributed by atoms with Crippen LogP contribution in [0, 0.1) is 0 Å². The minimum atomic E-state index is 0.460. The average molecular weight is 290 g/mol. The molecule has 0 aliphatic carbocycles. The van der Waals surface area contributed by atoms with E-state index in [9.17, 15) is 0 Å². The molecule has 2 aromatic heterocycles. The first-order valence-corrected chi connectivity index (χ1v) is 7.59. The standard InChI is InChI=1S/C14H22N6O/c1-2-21-8-7-20-13-12(9-16-10-17-13)19-14(20)18-11-3-5-15-6-4-11/h9-11,15H,2-8H2,1H3,(H,18,19). The minimum absolute atomic E-state index is 0.460. The fraction of sp³-hybridized carbons (Fsp3) is 0.643. The van der Waals surface area contributed by atoms with E-state index < -0.39 is 0 Å². The van der Waals surface area contributed by atoms with Crippen molar-refractivity contribution in [1.29, 1.82) is 0 Å². The Morgan fingerprint density at radius 2 is 2.29 bits per heavy atom. The number of nitrogens with one attached hydrogen (secondary N) is 2. The maximum absolute atomic E-state index is 5.47. The van der Waals surface area contributed by atoms with E-state index in [0.717, 1.165) is 56.2 Å². The topological polar surface area (TPSA) is 76.9 Å². The molecule has 3 heterocycles. The van der Waals surface area contributed by atoms with Crippen LogP contribution in [-0.4, -0.2) is 51.9 Å². The molecule has 0 atom stereocenters. The van der Waals surface area contributed by atoms with E-state index in [2.05, 4.69) is 30.2 Å². The highest BCUT2D eigenvalue weighted by atomic mass is 16.5. The Labute approximate surface area is 124 Å². The van der Waals surface area contributed by atoms with E-state index in [4.69, 9.17) is 4.74 Å². The molecule has 0 saturated carbocycles. The zero-order valence-electron chi connectivity index (χ0n) is 12.4. The summed E-state index contributed by atoms with van der Waals surface area (Å²) in [5.74, 6) is 0.872. The number of aromatic nitrogens is 4. The van der Waals surface area contributed by atoms with E-state index >= 15 is 0 Å². The molecule has 7 nitrogen and oxygen atoms in total. The van der Waals surface area contributed by atoms with Gasteiger partial charge in [0, 0.05) is 12.6 Å². The lowest BCUT2D eigenvalue weighted by Crippen LogP contribution is -2.36. The second-order valence-electron chi connectivity index (χ2n) is 5.18. The second-order valence-corrected chi connectivity index (χ2v) is 5.18. The summed E-state index contributed by atoms with van der Waals surface area (Å²) in [5.41, 5.74) is 1.69. The Kier molecular flexibility index (Phi) is 4.62. The van der Waals surface area contributed by atoms with Gasteiger partial charge in [0.05, 0.1) is 19.3 Å². The summed E-state index contributed by atoms with van der Waals surface area (Å²) in [5, 5.41) is 6.93. The van der Waals surface area contributed by atoms with Gasteiger partial charge < -0.3 is 15.4 Å². The summed E-state index contributed by atoms with van der Waals surface area (Å²) in [6, 6.07) is 0.460. The molecule has 0 unspecified atom stereocenters. The van der Waals surface area contributed by atoms with Crippen LogP contribution in [-0.2, 0) is 11.3 Å². The molecule has 2 N–H and O–H groups in total. The van der Waals surface area contributed by atoms with Gasteiger partial charge in [-0.1, -0.05) is 0 Å². The van der Waals surface area contributed by atoms with Crippen LogP contribution >= 0.6 is 0 Å². The van der Waals surface area contributed by atoms with Gasteiger partial charge in [0.2, 0.25) is 5.95 Å². The predicted molar refractivity (Wildman–Crippen MR) is 81.3 cm³/mol. The van der Waals surface area contributed by atoms with Gasteiger partial charge >= 0.3 is 0 Å². The Morgan fingerprint density at radius 1 is 1.43 bits per heavy atom. The Hall–Kier alpha value is -1.73. The van der Waals surface area contributed by atoms with E-state index in [0.29, 0.717) is 12.6 Å². The van der Waals surface area contributed by atoms with Gasteiger partial charge in [-0.2, -0.15) is 0 Å². The number of imidazole rings is 1. The van der Waals surface area contributed by atoms with Crippen LogP contribution in [0.25, 0.3) is 11.2 Å². The second kappa shape index (κ2) is 6.82. The lowest BCUT2D eigenvalue weighted by Gasteiger charge is -2.24. The molecule has 0 spiro atoms. The Balaban J connectivity index is 1.82. The first kappa shape index (κ1) is 14.2. The van der Waals surface area contributed by atoms with Crippen molar-refractivity contribution in [2.24, 2.45) is 0 Å². The molecule has 114 valence electrons. The summed E-state index contributed by atoms with van der Waals surface area (Å²) in [7, 11) is 0. The summed E-state index contributed by atoms with van der Waals surface area (Å²) in [4.78, 5) is 13.0. The van der Waals surface area contributed by atoms with E-state index in [1.165, 1.54) is 0 Å². The van der Waals surface area contributed by atoms with Crippen LogP contribution in [0.15, 0.2) is 12.5 Å². The Morgan fingerprint density at radius 3 is 3.10 bits per heavy atom. The fourth-order valence-electron chi connectivity index (χ4n) is 2.65. The number of fused-ring (bicyclic) bond motifs is 1. The lowest BCUT2D eigenvalue weighted by atomic mass is 10.1. The van der Waals surface area contributed by atoms with E-state index in [-0.39, 0.29) is 0 Å². The SMILES string of the molecule is CCOCCn1c(NC2CCNCC2)nc2cncnc21. The summed E-state index contributed by atoms with van der Waals surface area (Å²) < 4.78 is 7.56. The van der Waals surface area contributed by atoms with Gasteiger partial charge in [0.1, 0.15) is 11.8 Å². The molecule has 21 heavy (non-hydrogen) atoms. The van der Waals surface area contributed by atoms with E-state index in [1.54, 1.807) is 12.5 Å². The molecular weight excluding hydrogens is 268 g/mol. The average Bonchev–Trinajstić information content (AvgIpc) is 2.86. The molecule has 0 aromatic carbocycles. The van der Waals surface area contributed by atoms with Crippen molar-refractivity contribution in [3.8, 4) is 0 Å². The molecule has 3 rings (SSSR count). The van der Waals surface area contributed by atoms with Crippen LogP contribution in [0.3, 0.4) is 0 Å². The van der Waals surface area contributed by atoms with Gasteiger partial charge in [-0.15, -0.1) is 0 Å². The van der Waals surface area contributed by atoms with Crippen molar-refractivity contribution in [2.75, 3.05) is 31.6 Å². The van der Waals surface area contributed by atoms with Gasteiger partial charge in [0.15, 0.2) is 5.65 Å². The van der Waals surface area contributed by atoms with Crippen LogP contribution in [0.4, 0.5) is 5.95 Å². The zero-order chi connectivity index (χ0) is 14.5. The van der Waals surface area contributed by atoms with Gasteiger partial charge in [-0.25, -0.2) is 15.0 Å². The van der Waals surface area contributed by atoms with Crippen molar-refractivity contribution in [2.45, 2.75) is 32.4 Å². The van der Waals surface area contributed by atoms with Gasteiger partial charge in [-0.05, 0) is 32.9 Å². The third kappa shape index (κ3) is 3.30. The molecule has 0 amide bonds. The fourth-order valence-corrected chi connectivity index (χ4v) is 2.65. The van der Waals surface area contributed by atoms with Crippen molar-refractivity contribution in [1.82, 2.24) is 24.8 Å². The molecule has 0 radical (unpaired) electrons. The first-order chi connectivity index (χ1) is 10.4.